The predicted octanol–water partition coefficient (Wildman–Crippen LogP) is -0.0487. The van der Waals surface area contributed by atoms with Crippen LogP contribution in [0.2, 0.25) is 0 Å². The molecule has 1 aliphatic rings. The SMILES string of the molecule is CC(C)NC(=O)N[C@@H]1CC[C@H](CCN)O[C@@H]1CO. The lowest BCUT2D eigenvalue weighted by molar-refractivity contribution is -0.0884. The maximum absolute atomic E-state index is 11.6. The lowest BCUT2D eigenvalue weighted by Crippen LogP contribution is -2.54. The first-order valence-electron chi connectivity index (χ1n) is 6.60. The molecule has 0 aromatic carbocycles. The first-order valence-corrected chi connectivity index (χ1v) is 6.60. The van der Waals surface area contributed by atoms with Crippen molar-refractivity contribution in [3.63, 3.8) is 0 Å². The summed E-state index contributed by atoms with van der Waals surface area (Å²) in [5.41, 5.74) is 5.49. The Balaban J connectivity index is 2.43. The third-order valence-corrected chi connectivity index (χ3v) is 3.02. The Morgan fingerprint density at radius 1 is 1.50 bits per heavy atom. The molecule has 0 aromatic rings. The van der Waals surface area contributed by atoms with Gasteiger partial charge in [0, 0.05) is 6.04 Å². The van der Waals surface area contributed by atoms with Crippen LogP contribution in [0.25, 0.3) is 0 Å². The lowest BCUT2D eigenvalue weighted by atomic mass is 9.97. The van der Waals surface area contributed by atoms with Gasteiger partial charge in [0.15, 0.2) is 0 Å². The fraction of sp³-hybridized carbons (Fsp3) is 0.917. The number of aliphatic hydroxyl groups excluding tert-OH is 1. The summed E-state index contributed by atoms with van der Waals surface area (Å²) in [5, 5.41) is 14.9. The fourth-order valence-corrected chi connectivity index (χ4v) is 2.17. The number of hydrogen-bond acceptors (Lipinski definition) is 4. The van der Waals surface area contributed by atoms with Gasteiger partial charge < -0.3 is 26.2 Å². The molecule has 0 saturated carbocycles. The van der Waals surface area contributed by atoms with E-state index in [1.807, 2.05) is 13.8 Å². The Morgan fingerprint density at radius 2 is 2.22 bits per heavy atom. The molecule has 0 aliphatic carbocycles. The van der Waals surface area contributed by atoms with Crippen molar-refractivity contribution in [1.82, 2.24) is 10.6 Å². The Morgan fingerprint density at radius 3 is 2.78 bits per heavy atom. The van der Waals surface area contributed by atoms with E-state index in [0.717, 1.165) is 19.3 Å². The molecule has 2 amide bonds. The van der Waals surface area contributed by atoms with Crippen LogP contribution in [0.3, 0.4) is 0 Å². The number of aliphatic hydroxyl groups is 1. The minimum Gasteiger partial charge on any atom is -0.394 e. The second-order valence-electron chi connectivity index (χ2n) is 5.01. The van der Waals surface area contributed by atoms with Gasteiger partial charge in [0.1, 0.15) is 6.10 Å². The smallest absolute Gasteiger partial charge is 0.315 e. The van der Waals surface area contributed by atoms with Crippen molar-refractivity contribution >= 4 is 6.03 Å². The average molecular weight is 259 g/mol. The van der Waals surface area contributed by atoms with E-state index in [-0.39, 0.29) is 36.9 Å². The highest BCUT2D eigenvalue weighted by molar-refractivity contribution is 5.74. The second-order valence-corrected chi connectivity index (χ2v) is 5.01. The molecule has 1 rings (SSSR count). The minimum atomic E-state index is -0.340. The van der Waals surface area contributed by atoms with E-state index in [1.165, 1.54) is 0 Å². The molecule has 106 valence electrons. The molecule has 1 heterocycles. The van der Waals surface area contributed by atoms with Gasteiger partial charge in [-0.05, 0) is 39.7 Å². The molecule has 5 N–H and O–H groups in total. The molecule has 1 fully saturated rings. The van der Waals surface area contributed by atoms with E-state index >= 15 is 0 Å². The molecule has 0 radical (unpaired) electrons. The summed E-state index contributed by atoms with van der Waals surface area (Å²) < 4.78 is 5.72. The van der Waals surface area contributed by atoms with E-state index in [2.05, 4.69) is 10.6 Å². The largest absolute Gasteiger partial charge is 0.394 e. The molecular formula is C12H25N3O3. The Labute approximate surface area is 108 Å². The van der Waals surface area contributed by atoms with Gasteiger partial charge in [0.25, 0.3) is 0 Å². The van der Waals surface area contributed by atoms with Gasteiger partial charge in [-0.1, -0.05) is 0 Å². The summed E-state index contributed by atoms with van der Waals surface area (Å²) in [5.74, 6) is 0. The molecule has 18 heavy (non-hydrogen) atoms. The first-order chi connectivity index (χ1) is 8.56. The molecule has 1 aliphatic heterocycles. The molecular weight excluding hydrogens is 234 g/mol. The van der Waals surface area contributed by atoms with Crippen molar-refractivity contribution in [2.45, 2.75) is 57.4 Å². The summed E-state index contributed by atoms with van der Waals surface area (Å²) >= 11 is 0. The molecule has 0 bridgehead atoms. The zero-order chi connectivity index (χ0) is 13.5. The lowest BCUT2D eigenvalue weighted by Gasteiger charge is -2.36. The van der Waals surface area contributed by atoms with Crippen molar-refractivity contribution < 1.29 is 14.6 Å². The summed E-state index contributed by atoms with van der Waals surface area (Å²) in [7, 11) is 0. The van der Waals surface area contributed by atoms with Crippen LogP contribution in [0.1, 0.15) is 33.1 Å². The maximum atomic E-state index is 11.6. The number of nitrogens with one attached hydrogen (secondary N) is 2. The summed E-state index contributed by atoms with van der Waals surface area (Å²) in [6, 6.07) is -0.260. The molecule has 3 atom stereocenters. The van der Waals surface area contributed by atoms with E-state index in [0.29, 0.717) is 6.54 Å². The highest BCUT2D eigenvalue weighted by Crippen LogP contribution is 2.21. The van der Waals surface area contributed by atoms with E-state index in [1.54, 1.807) is 0 Å². The van der Waals surface area contributed by atoms with Gasteiger partial charge in [0.2, 0.25) is 0 Å². The summed E-state index contributed by atoms with van der Waals surface area (Å²) in [6.07, 6.45) is 2.22. The number of ether oxygens (including phenoxy) is 1. The monoisotopic (exact) mass is 259 g/mol. The maximum Gasteiger partial charge on any atom is 0.315 e. The van der Waals surface area contributed by atoms with E-state index in [9.17, 15) is 9.90 Å². The molecule has 6 nitrogen and oxygen atoms in total. The number of carbonyl (C=O) groups is 1. The van der Waals surface area contributed by atoms with E-state index in [4.69, 9.17) is 10.5 Å². The van der Waals surface area contributed by atoms with Gasteiger partial charge in [-0.25, -0.2) is 4.79 Å². The Bertz CT molecular complexity index is 261. The van der Waals surface area contributed by atoms with Crippen LogP contribution in [0.15, 0.2) is 0 Å². The third kappa shape index (κ3) is 4.80. The van der Waals surface area contributed by atoms with Gasteiger partial charge in [-0.15, -0.1) is 0 Å². The van der Waals surface area contributed by atoms with Crippen LogP contribution < -0.4 is 16.4 Å². The Hall–Kier alpha value is -0.850. The molecule has 0 spiro atoms. The van der Waals surface area contributed by atoms with Crippen LogP contribution >= 0.6 is 0 Å². The highest BCUT2D eigenvalue weighted by atomic mass is 16.5. The van der Waals surface area contributed by atoms with Crippen molar-refractivity contribution in [3.05, 3.63) is 0 Å². The van der Waals surface area contributed by atoms with Crippen LogP contribution in [0.4, 0.5) is 4.79 Å². The predicted molar refractivity (Wildman–Crippen MR) is 69.2 cm³/mol. The van der Waals surface area contributed by atoms with Gasteiger partial charge in [-0.2, -0.15) is 0 Å². The quantitative estimate of drug-likeness (QED) is 0.556. The number of urea groups is 1. The molecule has 6 heteroatoms. The van der Waals surface area contributed by atoms with E-state index < -0.39 is 0 Å². The molecule has 1 saturated heterocycles. The number of amides is 2. The number of hydrogen-bond donors (Lipinski definition) is 4. The van der Waals surface area contributed by atoms with Crippen molar-refractivity contribution in [2.24, 2.45) is 5.73 Å². The topological polar surface area (TPSA) is 96.6 Å². The molecule has 0 aromatic heterocycles. The van der Waals surface area contributed by atoms with Gasteiger partial charge in [0.05, 0.1) is 18.8 Å². The average Bonchev–Trinajstić information content (AvgIpc) is 2.30. The van der Waals surface area contributed by atoms with Crippen molar-refractivity contribution in [1.29, 1.82) is 0 Å². The first kappa shape index (κ1) is 15.2. The van der Waals surface area contributed by atoms with Gasteiger partial charge >= 0.3 is 6.03 Å². The zero-order valence-electron chi connectivity index (χ0n) is 11.2. The second kappa shape index (κ2) is 7.56. The minimum absolute atomic E-state index is 0.0896. The normalized spacial score (nSPS) is 28.2. The summed E-state index contributed by atoms with van der Waals surface area (Å²) in [4.78, 5) is 11.6. The summed E-state index contributed by atoms with van der Waals surface area (Å²) in [6.45, 7) is 4.29. The standard InChI is InChI=1S/C12H25N3O3/c1-8(2)14-12(17)15-10-4-3-9(5-6-13)18-11(10)7-16/h8-11,16H,3-7,13H2,1-2H3,(H2,14,15,17)/t9-,10-,11-/m1/s1. The van der Waals surface area contributed by atoms with Gasteiger partial charge in [-0.3, -0.25) is 0 Å². The van der Waals surface area contributed by atoms with Crippen LogP contribution in [-0.2, 0) is 4.74 Å². The van der Waals surface area contributed by atoms with Crippen LogP contribution in [0, 0.1) is 0 Å². The third-order valence-electron chi connectivity index (χ3n) is 3.02. The van der Waals surface area contributed by atoms with Crippen LogP contribution in [-0.4, -0.2) is 48.6 Å². The highest BCUT2D eigenvalue weighted by Gasteiger charge is 2.31. The molecule has 0 unspecified atom stereocenters. The van der Waals surface area contributed by atoms with Crippen molar-refractivity contribution in [2.75, 3.05) is 13.2 Å². The zero-order valence-corrected chi connectivity index (χ0v) is 11.2. The van der Waals surface area contributed by atoms with Crippen molar-refractivity contribution in [3.8, 4) is 0 Å². The fourth-order valence-electron chi connectivity index (χ4n) is 2.17. The Kier molecular flexibility index (Phi) is 6.38. The van der Waals surface area contributed by atoms with Crippen LogP contribution in [0.5, 0.6) is 0 Å². The number of rotatable bonds is 5. The number of nitrogens with two attached hydrogens (primary N) is 1. The number of carbonyl (C=O) groups excluding carboxylic acids is 1.